The van der Waals surface area contributed by atoms with Gasteiger partial charge >= 0.3 is 18.3 Å². The molecule has 0 bridgehead atoms. The Bertz CT molecular complexity index is 851. The molecule has 0 amide bonds. The van der Waals surface area contributed by atoms with E-state index >= 15 is 0 Å². The molecule has 2 aromatic rings. The van der Waals surface area contributed by atoms with E-state index in [9.17, 15) is 26.3 Å². The lowest BCUT2D eigenvalue weighted by Gasteiger charge is -2.27. The van der Waals surface area contributed by atoms with Crippen molar-refractivity contribution in [2.75, 3.05) is 0 Å². The standard InChI is InChI=1S/C19H10F6/c1-2-14-9-6-10-16(18(22,23)19(24,25)17(20)21)15(14)12-11-13-7-4-3-5-8-13/h1,3-10,17H. The molecular formula is C19H10F6. The first kappa shape index (κ1) is 18.5. The lowest BCUT2D eigenvalue weighted by Crippen LogP contribution is -2.44. The molecule has 6 heteroatoms. The number of alkyl halides is 6. The maximum Gasteiger partial charge on any atom is 0.373 e. The number of benzene rings is 2. The van der Waals surface area contributed by atoms with Gasteiger partial charge in [-0.1, -0.05) is 48.1 Å². The Kier molecular flexibility index (Phi) is 5.13. The van der Waals surface area contributed by atoms with Crippen molar-refractivity contribution >= 4 is 0 Å². The molecule has 128 valence electrons. The highest BCUT2D eigenvalue weighted by atomic mass is 19.3. The van der Waals surface area contributed by atoms with Crippen molar-refractivity contribution < 1.29 is 26.3 Å². The first-order valence-corrected chi connectivity index (χ1v) is 6.92. The van der Waals surface area contributed by atoms with Crippen LogP contribution in [0.4, 0.5) is 26.3 Å². The molecule has 0 unspecified atom stereocenters. The molecule has 0 spiro atoms. The van der Waals surface area contributed by atoms with E-state index in [-0.39, 0.29) is 5.56 Å². The summed E-state index contributed by atoms with van der Waals surface area (Å²) in [4.78, 5) is 0. The van der Waals surface area contributed by atoms with Gasteiger partial charge in [0.15, 0.2) is 0 Å². The predicted molar refractivity (Wildman–Crippen MR) is 81.6 cm³/mol. The lowest BCUT2D eigenvalue weighted by atomic mass is 9.93. The zero-order chi connectivity index (χ0) is 18.7. The van der Waals surface area contributed by atoms with Gasteiger partial charge in [0, 0.05) is 22.3 Å². The van der Waals surface area contributed by atoms with E-state index < -0.39 is 29.4 Å². The maximum atomic E-state index is 14.1. The first-order chi connectivity index (χ1) is 11.7. The fourth-order valence-corrected chi connectivity index (χ4v) is 2.04. The number of rotatable bonds is 3. The predicted octanol–water partition coefficient (Wildman–Crippen LogP) is 5.06. The minimum Gasteiger partial charge on any atom is -0.203 e. The van der Waals surface area contributed by atoms with Gasteiger partial charge in [0.25, 0.3) is 0 Å². The van der Waals surface area contributed by atoms with Crippen LogP contribution < -0.4 is 0 Å². The zero-order valence-electron chi connectivity index (χ0n) is 12.5. The van der Waals surface area contributed by atoms with Crippen LogP contribution in [0.2, 0.25) is 0 Å². The SMILES string of the molecule is C#Cc1cccc(C(F)(F)C(F)(F)C(F)F)c1C#Cc1ccccc1. The second-order valence-electron chi connectivity index (χ2n) is 4.99. The molecule has 25 heavy (non-hydrogen) atoms. The summed E-state index contributed by atoms with van der Waals surface area (Å²) in [5.41, 5.74) is -1.69. The molecule has 0 aliphatic carbocycles. The maximum absolute atomic E-state index is 14.1. The summed E-state index contributed by atoms with van der Waals surface area (Å²) in [5.74, 6) is -3.82. The summed E-state index contributed by atoms with van der Waals surface area (Å²) in [5, 5.41) is 0. The van der Waals surface area contributed by atoms with Crippen LogP contribution in [0.1, 0.15) is 22.3 Å². The fourth-order valence-electron chi connectivity index (χ4n) is 2.04. The van der Waals surface area contributed by atoms with Crippen LogP contribution in [0.5, 0.6) is 0 Å². The van der Waals surface area contributed by atoms with E-state index in [0.717, 1.165) is 6.07 Å². The molecular weight excluding hydrogens is 342 g/mol. The Morgan fingerprint density at radius 2 is 1.48 bits per heavy atom. The third kappa shape index (κ3) is 3.49. The van der Waals surface area contributed by atoms with E-state index in [0.29, 0.717) is 11.6 Å². The van der Waals surface area contributed by atoms with E-state index in [4.69, 9.17) is 6.42 Å². The number of hydrogen-bond donors (Lipinski definition) is 0. The van der Waals surface area contributed by atoms with Gasteiger partial charge < -0.3 is 0 Å². The van der Waals surface area contributed by atoms with Gasteiger partial charge in [-0.3, -0.25) is 0 Å². The third-order valence-corrected chi connectivity index (χ3v) is 3.36. The van der Waals surface area contributed by atoms with Crippen molar-refractivity contribution in [1.82, 2.24) is 0 Å². The summed E-state index contributed by atoms with van der Waals surface area (Å²) in [6, 6.07) is 10.9. The number of terminal acetylenes is 1. The molecule has 0 fully saturated rings. The molecule has 0 aliphatic rings. The van der Waals surface area contributed by atoms with Gasteiger partial charge in [-0.25, -0.2) is 8.78 Å². The summed E-state index contributed by atoms with van der Waals surface area (Å²) >= 11 is 0. The van der Waals surface area contributed by atoms with Crippen LogP contribution in [-0.4, -0.2) is 12.3 Å². The van der Waals surface area contributed by atoms with Crippen molar-refractivity contribution in [2.45, 2.75) is 18.3 Å². The molecule has 0 aromatic heterocycles. The van der Waals surface area contributed by atoms with E-state index in [1.165, 1.54) is 6.07 Å². The second-order valence-corrected chi connectivity index (χ2v) is 4.99. The smallest absolute Gasteiger partial charge is 0.203 e. The molecule has 0 radical (unpaired) electrons. The summed E-state index contributed by atoms with van der Waals surface area (Å²) in [6.07, 6.45) is 0.653. The van der Waals surface area contributed by atoms with Crippen LogP contribution in [0.25, 0.3) is 0 Å². The monoisotopic (exact) mass is 352 g/mol. The van der Waals surface area contributed by atoms with Gasteiger partial charge in [0.05, 0.1) is 0 Å². The molecule has 0 N–H and O–H groups in total. The van der Waals surface area contributed by atoms with Crippen molar-refractivity contribution in [3.05, 3.63) is 70.8 Å². The Labute approximate surface area is 140 Å². The highest BCUT2D eigenvalue weighted by molar-refractivity contribution is 5.57. The van der Waals surface area contributed by atoms with Crippen LogP contribution in [0.15, 0.2) is 48.5 Å². The second kappa shape index (κ2) is 6.94. The fraction of sp³-hybridized carbons (Fsp3) is 0.158. The highest BCUT2D eigenvalue weighted by Crippen LogP contribution is 2.47. The van der Waals surface area contributed by atoms with Gasteiger partial charge in [-0.15, -0.1) is 6.42 Å². The van der Waals surface area contributed by atoms with Gasteiger partial charge in [0.2, 0.25) is 0 Å². The lowest BCUT2D eigenvalue weighted by molar-refractivity contribution is -0.270. The number of hydrogen-bond acceptors (Lipinski definition) is 0. The molecule has 2 aromatic carbocycles. The molecule has 0 saturated carbocycles. The van der Waals surface area contributed by atoms with Crippen molar-refractivity contribution in [1.29, 1.82) is 0 Å². The van der Waals surface area contributed by atoms with Crippen LogP contribution in [-0.2, 0) is 5.92 Å². The Morgan fingerprint density at radius 1 is 0.840 bits per heavy atom. The van der Waals surface area contributed by atoms with Gasteiger partial charge in [-0.2, -0.15) is 17.6 Å². The molecule has 0 saturated heterocycles. The Hall–Kier alpha value is -2.86. The molecule has 0 nitrogen and oxygen atoms in total. The largest absolute Gasteiger partial charge is 0.373 e. The zero-order valence-corrected chi connectivity index (χ0v) is 12.5. The van der Waals surface area contributed by atoms with Gasteiger partial charge in [0.1, 0.15) is 0 Å². The quantitative estimate of drug-likeness (QED) is 0.535. The van der Waals surface area contributed by atoms with Crippen LogP contribution >= 0.6 is 0 Å². The summed E-state index contributed by atoms with van der Waals surface area (Å²) in [7, 11) is 0. The Balaban J connectivity index is 2.66. The highest BCUT2D eigenvalue weighted by Gasteiger charge is 2.64. The third-order valence-electron chi connectivity index (χ3n) is 3.36. The molecule has 0 aliphatic heterocycles. The normalized spacial score (nSPS) is 11.6. The molecule has 2 rings (SSSR count). The van der Waals surface area contributed by atoms with Crippen LogP contribution in [0.3, 0.4) is 0 Å². The summed E-state index contributed by atoms with van der Waals surface area (Å²) in [6.45, 7) is 0. The van der Waals surface area contributed by atoms with E-state index in [1.54, 1.807) is 30.3 Å². The van der Waals surface area contributed by atoms with Gasteiger partial charge in [-0.05, 0) is 18.2 Å². The molecule has 0 atom stereocenters. The van der Waals surface area contributed by atoms with E-state index in [1.807, 2.05) is 0 Å². The summed E-state index contributed by atoms with van der Waals surface area (Å²) < 4.78 is 79.9. The van der Waals surface area contributed by atoms with E-state index in [2.05, 4.69) is 17.8 Å². The minimum atomic E-state index is -5.57. The topological polar surface area (TPSA) is 0 Å². The van der Waals surface area contributed by atoms with Crippen LogP contribution in [0, 0.1) is 24.2 Å². The average Bonchev–Trinajstić information content (AvgIpc) is 2.60. The first-order valence-electron chi connectivity index (χ1n) is 6.92. The Morgan fingerprint density at radius 3 is 2.04 bits per heavy atom. The van der Waals surface area contributed by atoms with Crippen molar-refractivity contribution in [3.8, 4) is 24.2 Å². The number of halogens is 6. The molecule has 0 heterocycles. The van der Waals surface area contributed by atoms with Crippen molar-refractivity contribution in [2.24, 2.45) is 0 Å². The minimum absolute atomic E-state index is 0.189. The average molecular weight is 352 g/mol. The van der Waals surface area contributed by atoms with Crippen molar-refractivity contribution in [3.63, 3.8) is 0 Å².